The minimum Gasteiger partial charge on any atom is -0.504 e. The summed E-state index contributed by atoms with van der Waals surface area (Å²) >= 11 is 0. The molecule has 0 bridgehead atoms. The van der Waals surface area contributed by atoms with Crippen molar-refractivity contribution in [3.63, 3.8) is 0 Å². The van der Waals surface area contributed by atoms with Crippen molar-refractivity contribution in [3.05, 3.63) is 41.7 Å². The summed E-state index contributed by atoms with van der Waals surface area (Å²) in [5.74, 6) is -2.07. The van der Waals surface area contributed by atoms with E-state index in [0.717, 1.165) is 23.0 Å². The number of hydrogen-bond donors (Lipinski definition) is 3. The van der Waals surface area contributed by atoms with Crippen molar-refractivity contribution in [1.29, 1.82) is 0 Å². The summed E-state index contributed by atoms with van der Waals surface area (Å²) in [6.07, 6.45) is -3.64. The highest BCUT2D eigenvalue weighted by Gasteiger charge is 2.34. The Bertz CT molecular complexity index is 771. The Kier molecular flexibility index (Phi) is 4.77. The van der Waals surface area contributed by atoms with Gasteiger partial charge in [-0.2, -0.15) is 18.3 Å². The van der Waals surface area contributed by atoms with Gasteiger partial charge in [-0.05, 0) is 12.1 Å². The SMILES string of the molecule is CCC(=O)NNC(=O)c1nn(-c2ccccc2C(F)(F)F)cc1O. The van der Waals surface area contributed by atoms with Crippen LogP contribution in [0.4, 0.5) is 13.2 Å². The number of alkyl halides is 3. The molecule has 0 aliphatic rings. The van der Waals surface area contributed by atoms with E-state index in [2.05, 4.69) is 10.5 Å². The predicted octanol–water partition coefficient (Wildman–Crippen LogP) is 1.77. The van der Waals surface area contributed by atoms with E-state index in [1.54, 1.807) is 6.92 Å². The molecule has 1 aromatic carbocycles. The summed E-state index contributed by atoms with van der Waals surface area (Å²) in [7, 11) is 0. The van der Waals surface area contributed by atoms with Gasteiger partial charge in [-0.15, -0.1) is 0 Å². The molecule has 0 saturated heterocycles. The Labute approximate surface area is 134 Å². The lowest BCUT2D eigenvalue weighted by atomic mass is 10.2. The second kappa shape index (κ2) is 6.60. The number of amides is 2. The van der Waals surface area contributed by atoms with E-state index in [9.17, 15) is 27.9 Å². The van der Waals surface area contributed by atoms with Crippen molar-refractivity contribution in [2.45, 2.75) is 19.5 Å². The van der Waals surface area contributed by atoms with Crippen molar-refractivity contribution < 1.29 is 27.9 Å². The first-order chi connectivity index (χ1) is 11.2. The Balaban J connectivity index is 2.33. The van der Waals surface area contributed by atoms with Crippen molar-refractivity contribution in [3.8, 4) is 11.4 Å². The lowest BCUT2D eigenvalue weighted by molar-refractivity contribution is -0.137. The molecule has 128 valence electrons. The second-order valence-electron chi connectivity index (χ2n) is 4.68. The molecule has 0 fully saturated rings. The molecule has 0 atom stereocenters. The molecule has 10 heteroatoms. The van der Waals surface area contributed by atoms with Gasteiger partial charge < -0.3 is 5.11 Å². The second-order valence-corrected chi connectivity index (χ2v) is 4.68. The van der Waals surface area contributed by atoms with Gasteiger partial charge in [0.05, 0.1) is 17.4 Å². The Morgan fingerprint density at radius 2 is 1.92 bits per heavy atom. The third-order valence-electron chi connectivity index (χ3n) is 3.00. The molecule has 0 radical (unpaired) electrons. The fourth-order valence-corrected chi connectivity index (χ4v) is 1.84. The van der Waals surface area contributed by atoms with Crippen molar-refractivity contribution >= 4 is 11.8 Å². The average Bonchev–Trinajstić information content (AvgIpc) is 2.93. The maximum absolute atomic E-state index is 13.0. The predicted molar refractivity (Wildman–Crippen MR) is 76.1 cm³/mol. The third-order valence-corrected chi connectivity index (χ3v) is 3.00. The normalized spacial score (nSPS) is 11.2. The summed E-state index contributed by atoms with van der Waals surface area (Å²) in [4.78, 5) is 22.9. The van der Waals surface area contributed by atoms with Crippen molar-refractivity contribution in [2.75, 3.05) is 0 Å². The van der Waals surface area contributed by atoms with Crippen LogP contribution in [0.5, 0.6) is 5.75 Å². The lowest BCUT2D eigenvalue weighted by Gasteiger charge is -2.12. The van der Waals surface area contributed by atoms with Crippen LogP contribution in [0.25, 0.3) is 5.69 Å². The summed E-state index contributed by atoms with van der Waals surface area (Å²) in [6.45, 7) is 1.56. The van der Waals surface area contributed by atoms with Crippen LogP contribution in [0.15, 0.2) is 30.5 Å². The number of nitrogens with one attached hydrogen (secondary N) is 2. The molecule has 1 aromatic heterocycles. The monoisotopic (exact) mass is 342 g/mol. The number of halogens is 3. The minimum absolute atomic E-state index is 0.111. The number of carbonyl (C=O) groups excluding carboxylic acids is 2. The zero-order chi connectivity index (χ0) is 17.9. The van der Waals surface area contributed by atoms with Crippen molar-refractivity contribution in [1.82, 2.24) is 20.6 Å². The topological polar surface area (TPSA) is 96.3 Å². The third kappa shape index (κ3) is 3.65. The molecule has 0 spiro atoms. The van der Waals surface area contributed by atoms with Crippen LogP contribution in [-0.2, 0) is 11.0 Å². The van der Waals surface area contributed by atoms with Gasteiger partial charge in [-0.25, -0.2) is 4.68 Å². The number of hydrogen-bond acceptors (Lipinski definition) is 4. The molecule has 0 aliphatic carbocycles. The average molecular weight is 342 g/mol. The maximum atomic E-state index is 13.0. The summed E-state index contributed by atoms with van der Waals surface area (Å²) in [6, 6.07) is 4.58. The van der Waals surface area contributed by atoms with Gasteiger partial charge in [-0.3, -0.25) is 20.4 Å². The quantitative estimate of drug-likeness (QED) is 0.741. The van der Waals surface area contributed by atoms with Gasteiger partial charge in [-0.1, -0.05) is 19.1 Å². The largest absolute Gasteiger partial charge is 0.504 e. The van der Waals surface area contributed by atoms with Gasteiger partial charge in [0.25, 0.3) is 5.91 Å². The van der Waals surface area contributed by atoms with E-state index in [-0.39, 0.29) is 12.1 Å². The summed E-state index contributed by atoms with van der Waals surface area (Å²) in [5, 5.41) is 13.4. The fourth-order valence-electron chi connectivity index (χ4n) is 1.84. The van der Waals surface area contributed by atoms with Crippen LogP contribution in [0.1, 0.15) is 29.4 Å². The van der Waals surface area contributed by atoms with E-state index in [1.807, 2.05) is 5.43 Å². The standard InChI is InChI=1S/C14H13F3N4O3/c1-2-11(23)18-19-13(24)12-10(22)7-21(20-12)9-6-4-3-5-8(9)14(15,16)17/h3-7,22H,2H2,1H3,(H,18,23)(H,19,24). The molecule has 0 unspecified atom stereocenters. The van der Waals surface area contributed by atoms with E-state index in [4.69, 9.17) is 0 Å². The van der Waals surface area contributed by atoms with E-state index in [1.165, 1.54) is 12.1 Å². The van der Waals surface area contributed by atoms with Gasteiger partial charge in [0.15, 0.2) is 11.4 Å². The lowest BCUT2D eigenvalue weighted by Crippen LogP contribution is -2.41. The number of rotatable bonds is 3. The molecular formula is C14H13F3N4O3. The van der Waals surface area contributed by atoms with Gasteiger partial charge in [0, 0.05) is 6.42 Å². The van der Waals surface area contributed by atoms with Crippen LogP contribution in [0, 0.1) is 0 Å². The first-order valence-corrected chi connectivity index (χ1v) is 6.78. The first kappa shape index (κ1) is 17.3. The number of nitrogens with zero attached hydrogens (tertiary/aromatic N) is 2. The molecule has 1 heterocycles. The molecule has 2 aromatic rings. The molecule has 3 N–H and O–H groups in total. The Morgan fingerprint density at radius 1 is 1.25 bits per heavy atom. The van der Waals surface area contributed by atoms with E-state index >= 15 is 0 Å². The molecular weight excluding hydrogens is 329 g/mol. The summed E-state index contributed by atoms with van der Waals surface area (Å²) in [5.41, 5.74) is 2.22. The Morgan fingerprint density at radius 3 is 2.54 bits per heavy atom. The van der Waals surface area contributed by atoms with Crippen LogP contribution < -0.4 is 10.9 Å². The van der Waals surface area contributed by atoms with E-state index < -0.39 is 35.0 Å². The molecule has 2 amide bonds. The Hall–Kier alpha value is -3.04. The van der Waals surface area contributed by atoms with Crippen LogP contribution in [0.3, 0.4) is 0 Å². The molecule has 24 heavy (non-hydrogen) atoms. The first-order valence-electron chi connectivity index (χ1n) is 6.78. The summed E-state index contributed by atoms with van der Waals surface area (Å²) < 4.78 is 39.8. The fraction of sp³-hybridized carbons (Fsp3) is 0.214. The number of benzene rings is 1. The van der Waals surface area contributed by atoms with Gasteiger partial charge >= 0.3 is 6.18 Å². The zero-order valence-corrected chi connectivity index (χ0v) is 12.4. The highest BCUT2D eigenvalue weighted by atomic mass is 19.4. The molecule has 2 rings (SSSR count). The number of aromatic nitrogens is 2. The van der Waals surface area contributed by atoms with E-state index in [0.29, 0.717) is 0 Å². The van der Waals surface area contributed by atoms with Gasteiger partial charge in [0.2, 0.25) is 5.91 Å². The highest BCUT2D eigenvalue weighted by molar-refractivity contribution is 5.95. The highest BCUT2D eigenvalue weighted by Crippen LogP contribution is 2.34. The van der Waals surface area contributed by atoms with Crippen LogP contribution in [0.2, 0.25) is 0 Å². The van der Waals surface area contributed by atoms with Crippen molar-refractivity contribution in [2.24, 2.45) is 0 Å². The smallest absolute Gasteiger partial charge is 0.418 e. The maximum Gasteiger partial charge on any atom is 0.418 e. The zero-order valence-electron chi connectivity index (χ0n) is 12.4. The number of carbonyl (C=O) groups is 2. The van der Waals surface area contributed by atoms with Gasteiger partial charge in [0.1, 0.15) is 0 Å². The molecule has 0 aliphatic heterocycles. The van der Waals surface area contributed by atoms with Crippen LogP contribution in [-0.4, -0.2) is 26.7 Å². The molecule has 0 saturated carbocycles. The van der Waals surface area contributed by atoms with Crippen LogP contribution >= 0.6 is 0 Å². The minimum atomic E-state index is -4.63. The number of hydrazine groups is 1. The number of para-hydroxylation sites is 1. The molecule has 7 nitrogen and oxygen atoms in total. The number of aromatic hydroxyl groups is 1.